The van der Waals surface area contributed by atoms with Crippen LogP contribution in [0.1, 0.15) is 21.5 Å². The van der Waals surface area contributed by atoms with E-state index in [2.05, 4.69) is 4.74 Å². The van der Waals surface area contributed by atoms with Gasteiger partial charge in [0.1, 0.15) is 11.6 Å². The average Bonchev–Trinajstić information content (AvgIpc) is 2.65. The summed E-state index contributed by atoms with van der Waals surface area (Å²) in [6.07, 6.45) is 0.427. The number of esters is 1. The van der Waals surface area contributed by atoms with Crippen LogP contribution >= 0.6 is 0 Å². The van der Waals surface area contributed by atoms with Gasteiger partial charge in [-0.05, 0) is 23.3 Å². The first-order valence-electron chi connectivity index (χ1n) is 7.92. The van der Waals surface area contributed by atoms with E-state index >= 15 is 0 Å². The fraction of sp³-hybridized carbons (Fsp3) is 0.222. The molecule has 0 aliphatic carbocycles. The van der Waals surface area contributed by atoms with Crippen LogP contribution in [0.25, 0.3) is 0 Å². The quantitative estimate of drug-likeness (QED) is 0.508. The van der Waals surface area contributed by atoms with Crippen LogP contribution in [-0.4, -0.2) is 30.0 Å². The van der Waals surface area contributed by atoms with E-state index in [4.69, 9.17) is 5.73 Å². The number of amides is 1. The Morgan fingerprint density at radius 1 is 1.23 bits per heavy atom. The number of fused-ring (bicyclic) bond motifs is 1. The normalized spacial score (nSPS) is 15.9. The summed E-state index contributed by atoms with van der Waals surface area (Å²) >= 11 is 0. The molecule has 2 aromatic rings. The molecule has 0 saturated carbocycles. The molecule has 26 heavy (non-hydrogen) atoms. The number of nitro benzene ring substituents is 1. The average molecular weight is 355 g/mol. The zero-order valence-electron chi connectivity index (χ0n) is 14.0. The number of carbonyl (C=O) groups excluding carboxylic acids is 2. The number of anilines is 1. The van der Waals surface area contributed by atoms with Crippen molar-refractivity contribution in [3.63, 3.8) is 0 Å². The number of hydrogen-bond donors (Lipinski definition) is 1. The largest absolute Gasteiger partial charge is 0.465 e. The van der Waals surface area contributed by atoms with E-state index in [1.54, 1.807) is 4.90 Å². The Morgan fingerprint density at radius 3 is 2.54 bits per heavy atom. The summed E-state index contributed by atoms with van der Waals surface area (Å²) < 4.78 is 4.65. The molecule has 0 bridgehead atoms. The van der Waals surface area contributed by atoms with Gasteiger partial charge in [0.15, 0.2) is 0 Å². The highest BCUT2D eigenvalue weighted by Crippen LogP contribution is 2.32. The SMILES string of the molecule is COC(=O)c1cc(N2Cc3ccccc3C[C@@H]2C(N)=O)ccc1[N+](=O)[O-]. The lowest BCUT2D eigenvalue weighted by atomic mass is 9.93. The number of nitrogens with zero attached hydrogens (tertiary/aromatic N) is 2. The number of ether oxygens (including phenoxy) is 1. The van der Waals surface area contributed by atoms with Crippen LogP contribution in [0.15, 0.2) is 42.5 Å². The lowest BCUT2D eigenvalue weighted by Crippen LogP contribution is -2.48. The lowest BCUT2D eigenvalue weighted by Gasteiger charge is -2.37. The molecule has 0 unspecified atom stereocenters. The van der Waals surface area contributed by atoms with Crippen molar-refractivity contribution in [2.75, 3.05) is 12.0 Å². The second-order valence-corrected chi connectivity index (χ2v) is 5.97. The Labute approximate surface area is 149 Å². The first-order chi connectivity index (χ1) is 12.4. The van der Waals surface area contributed by atoms with Crippen molar-refractivity contribution >= 4 is 23.3 Å². The van der Waals surface area contributed by atoms with E-state index < -0.39 is 22.8 Å². The van der Waals surface area contributed by atoms with Crippen molar-refractivity contribution < 1.29 is 19.2 Å². The van der Waals surface area contributed by atoms with Gasteiger partial charge in [-0.25, -0.2) is 4.79 Å². The van der Waals surface area contributed by atoms with Gasteiger partial charge in [0.25, 0.3) is 5.69 Å². The standard InChI is InChI=1S/C18H17N3O5/c1-26-18(23)14-9-13(6-7-15(14)21(24)25)20-10-12-5-3-2-4-11(12)8-16(20)17(19)22/h2-7,9,16H,8,10H2,1H3,(H2,19,22)/t16-/m1/s1. The predicted octanol–water partition coefficient (Wildman–Crippen LogP) is 1.80. The summed E-state index contributed by atoms with van der Waals surface area (Å²) in [7, 11) is 1.15. The maximum absolute atomic E-state index is 12.0. The second-order valence-electron chi connectivity index (χ2n) is 5.97. The number of carbonyl (C=O) groups is 2. The number of methoxy groups -OCH3 is 1. The molecule has 0 radical (unpaired) electrons. The Hall–Kier alpha value is -3.42. The number of benzene rings is 2. The third-order valence-electron chi connectivity index (χ3n) is 4.49. The van der Waals surface area contributed by atoms with Gasteiger partial charge < -0.3 is 15.4 Å². The van der Waals surface area contributed by atoms with E-state index in [0.717, 1.165) is 18.2 Å². The molecule has 1 aliphatic rings. The molecular weight excluding hydrogens is 338 g/mol. The minimum Gasteiger partial charge on any atom is -0.465 e. The zero-order valence-corrected chi connectivity index (χ0v) is 14.0. The molecule has 8 nitrogen and oxygen atoms in total. The molecule has 0 spiro atoms. The summed E-state index contributed by atoms with van der Waals surface area (Å²) in [5.74, 6) is -1.32. The van der Waals surface area contributed by atoms with E-state index in [1.165, 1.54) is 18.2 Å². The number of nitro groups is 1. The summed E-state index contributed by atoms with van der Waals surface area (Å²) in [6, 6.07) is 11.2. The topological polar surface area (TPSA) is 116 Å². The van der Waals surface area contributed by atoms with Gasteiger partial charge in [-0.2, -0.15) is 0 Å². The number of rotatable bonds is 4. The summed E-state index contributed by atoms with van der Waals surface area (Å²) in [5, 5.41) is 11.2. The Morgan fingerprint density at radius 2 is 1.92 bits per heavy atom. The molecule has 1 amide bonds. The third-order valence-corrected chi connectivity index (χ3v) is 4.49. The fourth-order valence-electron chi connectivity index (χ4n) is 3.18. The van der Waals surface area contributed by atoms with Crippen LogP contribution in [-0.2, 0) is 22.5 Å². The highest BCUT2D eigenvalue weighted by molar-refractivity contribution is 5.95. The van der Waals surface area contributed by atoms with Gasteiger partial charge in [-0.1, -0.05) is 24.3 Å². The van der Waals surface area contributed by atoms with Gasteiger partial charge >= 0.3 is 5.97 Å². The molecular formula is C18H17N3O5. The molecule has 0 saturated heterocycles. The van der Waals surface area contributed by atoms with E-state index in [9.17, 15) is 19.7 Å². The number of primary amides is 1. The molecule has 0 fully saturated rings. The van der Waals surface area contributed by atoms with Crippen molar-refractivity contribution in [3.05, 3.63) is 69.3 Å². The Bertz CT molecular complexity index is 896. The molecule has 134 valence electrons. The first-order valence-corrected chi connectivity index (χ1v) is 7.92. The van der Waals surface area contributed by atoms with Gasteiger partial charge in [0.05, 0.1) is 12.0 Å². The zero-order chi connectivity index (χ0) is 18.8. The molecule has 1 atom stereocenters. The Balaban J connectivity index is 2.07. The molecule has 8 heteroatoms. The predicted molar refractivity (Wildman–Crippen MR) is 93.7 cm³/mol. The third kappa shape index (κ3) is 3.08. The van der Waals surface area contributed by atoms with Gasteiger partial charge in [-0.3, -0.25) is 14.9 Å². The monoisotopic (exact) mass is 355 g/mol. The maximum atomic E-state index is 12.0. The van der Waals surface area contributed by atoms with Crippen molar-refractivity contribution in [2.24, 2.45) is 5.73 Å². The Kier molecular flexibility index (Phi) is 4.57. The minimum absolute atomic E-state index is 0.169. The van der Waals surface area contributed by atoms with Crippen LogP contribution in [0, 0.1) is 10.1 Å². The van der Waals surface area contributed by atoms with Crippen LogP contribution in [0.5, 0.6) is 0 Å². The second kappa shape index (κ2) is 6.83. The van der Waals surface area contributed by atoms with E-state index in [0.29, 0.717) is 18.7 Å². The minimum atomic E-state index is -0.813. The van der Waals surface area contributed by atoms with E-state index in [-0.39, 0.29) is 11.3 Å². The first kappa shape index (κ1) is 17.4. The van der Waals surface area contributed by atoms with E-state index in [1.807, 2.05) is 24.3 Å². The van der Waals surface area contributed by atoms with Crippen LogP contribution < -0.4 is 10.6 Å². The van der Waals surface area contributed by atoms with Gasteiger partial charge in [-0.15, -0.1) is 0 Å². The van der Waals surface area contributed by atoms with Crippen LogP contribution in [0.2, 0.25) is 0 Å². The number of hydrogen-bond acceptors (Lipinski definition) is 6. The molecule has 0 aromatic heterocycles. The van der Waals surface area contributed by atoms with Crippen molar-refractivity contribution in [3.8, 4) is 0 Å². The van der Waals surface area contributed by atoms with Crippen molar-refractivity contribution in [1.29, 1.82) is 0 Å². The summed E-state index contributed by atoms with van der Waals surface area (Å²) in [5.41, 5.74) is 7.61. The summed E-state index contributed by atoms with van der Waals surface area (Å²) in [4.78, 5) is 36.2. The maximum Gasteiger partial charge on any atom is 0.344 e. The smallest absolute Gasteiger partial charge is 0.344 e. The molecule has 1 aliphatic heterocycles. The van der Waals surface area contributed by atoms with Crippen molar-refractivity contribution in [2.45, 2.75) is 19.0 Å². The van der Waals surface area contributed by atoms with Gasteiger partial charge in [0.2, 0.25) is 5.91 Å². The van der Waals surface area contributed by atoms with Gasteiger partial charge in [0, 0.05) is 24.7 Å². The molecule has 2 aromatic carbocycles. The van der Waals surface area contributed by atoms with Crippen LogP contribution in [0.3, 0.4) is 0 Å². The number of nitrogens with two attached hydrogens (primary N) is 1. The lowest BCUT2D eigenvalue weighted by molar-refractivity contribution is -0.385. The molecule has 2 N–H and O–H groups in total. The molecule has 1 heterocycles. The highest BCUT2D eigenvalue weighted by atomic mass is 16.6. The fourth-order valence-corrected chi connectivity index (χ4v) is 3.18. The molecule has 3 rings (SSSR count). The van der Waals surface area contributed by atoms with Crippen LogP contribution in [0.4, 0.5) is 11.4 Å². The van der Waals surface area contributed by atoms with Crippen molar-refractivity contribution in [1.82, 2.24) is 0 Å². The highest BCUT2D eigenvalue weighted by Gasteiger charge is 2.32. The summed E-state index contributed by atoms with van der Waals surface area (Å²) in [6.45, 7) is 0.405.